The molecule has 1 aliphatic heterocycles. The van der Waals surface area contributed by atoms with Gasteiger partial charge in [0.2, 0.25) is 0 Å². The van der Waals surface area contributed by atoms with Crippen molar-refractivity contribution in [3.05, 3.63) is 30.1 Å². The smallest absolute Gasteiger partial charge is 0.352 e. The van der Waals surface area contributed by atoms with Gasteiger partial charge < -0.3 is 15.2 Å². The lowest BCUT2D eigenvalue weighted by Gasteiger charge is -2.19. The molecule has 1 unspecified atom stereocenters. The summed E-state index contributed by atoms with van der Waals surface area (Å²) in [5.41, 5.74) is 1.97. The van der Waals surface area contributed by atoms with Gasteiger partial charge in [-0.05, 0) is 18.6 Å². The van der Waals surface area contributed by atoms with Crippen molar-refractivity contribution < 1.29 is 13.2 Å². The molecule has 1 aliphatic rings. The molecule has 2 heterocycles. The van der Waals surface area contributed by atoms with Crippen molar-refractivity contribution in [2.24, 2.45) is 12.0 Å². The first-order valence-electron chi connectivity index (χ1n) is 8.52. The van der Waals surface area contributed by atoms with Crippen LogP contribution < -0.4 is 10.6 Å². The van der Waals surface area contributed by atoms with E-state index in [1.54, 1.807) is 7.05 Å². The van der Waals surface area contributed by atoms with Crippen LogP contribution in [-0.4, -0.2) is 59.3 Å². The summed E-state index contributed by atoms with van der Waals surface area (Å²) in [6.07, 6.45) is -3.50. The Bertz CT molecular complexity index is 782. The standard InChI is InChI=1S/C17H23F3N6/c1-21-16(23-12-7-8-26(10-12)11-17(18,19)20)22-9-15-24-13-5-3-4-6-14(13)25(15)2/h3-6,12H,7-11H2,1-2H3,(H2,21,22,23). The van der Waals surface area contributed by atoms with Crippen molar-refractivity contribution in [3.63, 3.8) is 0 Å². The summed E-state index contributed by atoms with van der Waals surface area (Å²) in [5.74, 6) is 1.43. The molecule has 1 saturated heterocycles. The number of nitrogens with zero attached hydrogens (tertiary/aromatic N) is 4. The summed E-state index contributed by atoms with van der Waals surface area (Å²) in [6, 6.07) is 7.82. The number of aromatic nitrogens is 2. The number of fused-ring (bicyclic) bond motifs is 1. The quantitative estimate of drug-likeness (QED) is 0.639. The second-order valence-corrected chi connectivity index (χ2v) is 6.48. The van der Waals surface area contributed by atoms with E-state index in [0.717, 1.165) is 16.9 Å². The van der Waals surface area contributed by atoms with E-state index in [2.05, 4.69) is 20.6 Å². The van der Waals surface area contributed by atoms with E-state index >= 15 is 0 Å². The summed E-state index contributed by atoms with van der Waals surface area (Å²) in [6.45, 7) is 0.395. The van der Waals surface area contributed by atoms with E-state index in [0.29, 0.717) is 32.0 Å². The Labute approximate surface area is 150 Å². The van der Waals surface area contributed by atoms with Gasteiger partial charge >= 0.3 is 6.18 Å². The van der Waals surface area contributed by atoms with Crippen molar-refractivity contribution in [2.75, 3.05) is 26.7 Å². The highest BCUT2D eigenvalue weighted by Crippen LogP contribution is 2.20. The van der Waals surface area contributed by atoms with Gasteiger partial charge in [-0.1, -0.05) is 12.1 Å². The van der Waals surface area contributed by atoms with E-state index in [1.807, 2.05) is 35.9 Å². The molecular weight excluding hydrogens is 345 g/mol. The third-order valence-corrected chi connectivity index (χ3v) is 4.53. The molecule has 0 amide bonds. The second kappa shape index (κ2) is 7.53. The van der Waals surface area contributed by atoms with Crippen LogP contribution in [0.4, 0.5) is 13.2 Å². The second-order valence-electron chi connectivity index (χ2n) is 6.48. The fraction of sp³-hybridized carbons (Fsp3) is 0.529. The molecule has 2 N–H and O–H groups in total. The molecule has 1 aromatic carbocycles. The maximum absolute atomic E-state index is 12.5. The van der Waals surface area contributed by atoms with E-state index in [1.165, 1.54) is 4.90 Å². The molecule has 0 saturated carbocycles. The third-order valence-electron chi connectivity index (χ3n) is 4.53. The summed E-state index contributed by atoms with van der Waals surface area (Å²) < 4.78 is 39.5. The Balaban J connectivity index is 1.54. The lowest BCUT2D eigenvalue weighted by Crippen LogP contribution is -2.45. The average Bonchev–Trinajstić information content (AvgIpc) is 3.14. The number of para-hydroxylation sites is 2. The van der Waals surface area contributed by atoms with Gasteiger partial charge in [-0.25, -0.2) is 4.98 Å². The summed E-state index contributed by atoms with van der Waals surface area (Å²) in [5, 5.41) is 6.39. The number of benzene rings is 1. The van der Waals surface area contributed by atoms with Crippen LogP contribution in [0.3, 0.4) is 0 Å². The van der Waals surface area contributed by atoms with Crippen LogP contribution in [0.2, 0.25) is 0 Å². The minimum atomic E-state index is -4.16. The molecule has 26 heavy (non-hydrogen) atoms. The van der Waals surface area contributed by atoms with Crippen LogP contribution in [-0.2, 0) is 13.6 Å². The largest absolute Gasteiger partial charge is 0.401 e. The number of aryl methyl sites for hydroxylation is 1. The molecular formula is C17H23F3N6. The first kappa shape index (κ1) is 18.5. The van der Waals surface area contributed by atoms with Crippen LogP contribution >= 0.6 is 0 Å². The highest BCUT2D eigenvalue weighted by atomic mass is 19.4. The molecule has 6 nitrogen and oxygen atoms in total. The highest BCUT2D eigenvalue weighted by Gasteiger charge is 2.34. The lowest BCUT2D eigenvalue weighted by atomic mass is 10.3. The maximum Gasteiger partial charge on any atom is 0.401 e. The van der Waals surface area contributed by atoms with Gasteiger partial charge in [0.25, 0.3) is 0 Å². The SMILES string of the molecule is CN=C(NCc1nc2ccccc2n1C)NC1CCN(CC(F)(F)F)C1. The van der Waals surface area contributed by atoms with Crippen LogP contribution in [0.1, 0.15) is 12.2 Å². The number of aliphatic imine (C=N–C) groups is 1. The van der Waals surface area contributed by atoms with Crippen LogP contribution in [0.25, 0.3) is 11.0 Å². The topological polar surface area (TPSA) is 57.5 Å². The Kier molecular flexibility index (Phi) is 5.36. The van der Waals surface area contributed by atoms with E-state index in [-0.39, 0.29) is 6.04 Å². The number of nitrogens with one attached hydrogen (secondary N) is 2. The number of rotatable bonds is 4. The van der Waals surface area contributed by atoms with Crippen molar-refractivity contribution >= 4 is 17.0 Å². The Morgan fingerprint density at radius 3 is 2.81 bits per heavy atom. The molecule has 0 radical (unpaired) electrons. The van der Waals surface area contributed by atoms with Crippen molar-refractivity contribution in [1.82, 2.24) is 25.1 Å². The monoisotopic (exact) mass is 368 g/mol. The fourth-order valence-corrected chi connectivity index (χ4v) is 3.25. The van der Waals surface area contributed by atoms with Crippen molar-refractivity contribution in [3.8, 4) is 0 Å². The van der Waals surface area contributed by atoms with E-state index in [9.17, 15) is 13.2 Å². The number of likely N-dealkylation sites (tertiary alicyclic amines) is 1. The zero-order valence-corrected chi connectivity index (χ0v) is 14.8. The van der Waals surface area contributed by atoms with Gasteiger partial charge in [0, 0.05) is 33.2 Å². The Morgan fingerprint density at radius 1 is 1.35 bits per heavy atom. The number of hydrogen-bond donors (Lipinski definition) is 2. The summed E-state index contributed by atoms with van der Waals surface area (Å²) in [7, 11) is 3.60. The lowest BCUT2D eigenvalue weighted by molar-refractivity contribution is -0.143. The predicted octanol–water partition coefficient (Wildman–Crippen LogP) is 1.87. The Morgan fingerprint density at radius 2 is 2.12 bits per heavy atom. The molecule has 3 rings (SSSR count). The Hall–Kier alpha value is -2.29. The molecule has 1 fully saturated rings. The van der Waals surface area contributed by atoms with E-state index in [4.69, 9.17) is 0 Å². The normalized spacial score (nSPS) is 19.3. The highest BCUT2D eigenvalue weighted by molar-refractivity contribution is 5.80. The maximum atomic E-state index is 12.5. The molecule has 0 spiro atoms. The van der Waals surface area contributed by atoms with Crippen LogP contribution in [0, 0.1) is 0 Å². The zero-order valence-electron chi connectivity index (χ0n) is 14.8. The van der Waals surface area contributed by atoms with Gasteiger partial charge in [0.15, 0.2) is 5.96 Å². The van der Waals surface area contributed by atoms with Gasteiger partial charge in [-0.3, -0.25) is 9.89 Å². The third kappa shape index (κ3) is 4.46. The minimum Gasteiger partial charge on any atom is -0.352 e. The molecule has 1 aromatic heterocycles. The zero-order chi connectivity index (χ0) is 18.7. The summed E-state index contributed by atoms with van der Waals surface area (Å²) >= 11 is 0. The molecule has 9 heteroatoms. The fourth-order valence-electron chi connectivity index (χ4n) is 3.25. The van der Waals surface area contributed by atoms with Gasteiger partial charge in [0.05, 0.1) is 24.1 Å². The minimum absolute atomic E-state index is 0.0519. The van der Waals surface area contributed by atoms with Gasteiger partial charge in [-0.2, -0.15) is 13.2 Å². The summed E-state index contributed by atoms with van der Waals surface area (Å²) in [4.78, 5) is 10.2. The molecule has 142 valence electrons. The number of imidazole rings is 1. The predicted molar refractivity (Wildman–Crippen MR) is 94.9 cm³/mol. The first-order chi connectivity index (χ1) is 12.4. The van der Waals surface area contributed by atoms with Gasteiger partial charge in [-0.15, -0.1) is 0 Å². The van der Waals surface area contributed by atoms with Crippen molar-refractivity contribution in [2.45, 2.75) is 25.2 Å². The van der Waals surface area contributed by atoms with Crippen molar-refractivity contribution in [1.29, 1.82) is 0 Å². The molecule has 0 aliphatic carbocycles. The number of halogens is 3. The number of alkyl halides is 3. The number of hydrogen-bond acceptors (Lipinski definition) is 3. The van der Waals surface area contributed by atoms with Crippen LogP contribution in [0.5, 0.6) is 0 Å². The molecule has 2 aromatic rings. The first-order valence-corrected chi connectivity index (χ1v) is 8.52. The van der Waals surface area contributed by atoms with Gasteiger partial charge in [0.1, 0.15) is 5.82 Å². The molecule has 1 atom stereocenters. The van der Waals surface area contributed by atoms with E-state index < -0.39 is 12.7 Å². The van der Waals surface area contributed by atoms with Crippen LogP contribution in [0.15, 0.2) is 29.3 Å². The molecule has 0 bridgehead atoms. The number of guanidine groups is 1. The average molecular weight is 368 g/mol.